The lowest BCUT2D eigenvalue weighted by molar-refractivity contribution is -0.897. The third-order valence-corrected chi connectivity index (χ3v) is 5.84. The largest absolute Gasteiger partial charge is 0.494 e. The Morgan fingerprint density at radius 1 is 1.29 bits per heavy atom. The summed E-state index contributed by atoms with van der Waals surface area (Å²) >= 11 is 0. The van der Waals surface area contributed by atoms with E-state index in [0.29, 0.717) is 13.2 Å². The number of likely N-dealkylation sites (tertiary alicyclic amines) is 1. The number of anilines is 1. The van der Waals surface area contributed by atoms with Crippen molar-refractivity contribution in [2.75, 3.05) is 31.1 Å². The Kier molecular flexibility index (Phi) is 5.79. The minimum absolute atomic E-state index is 0.0476. The third-order valence-electron chi connectivity index (χ3n) is 5.84. The molecule has 3 rings (SSSR count). The first-order valence-corrected chi connectivity index (χ1v) is 10.2. The lowest BCUT2D eigenvalue weighted by atomic mass is 9.88. The van der Waals surface area contributed by atoms with Crippen molar-refractivity contribution in [1.82, 2.24) is 0 Å². The van der Waals surface area contributed by atoms with Crippen LogP contribution >= 0.6 is 0 Å². The molecule has 0 saturated carbocycles. The predicted molar refractivity (Wildman–Crippen MR) is 110 cm³/mol. The van der Waals surface area contributed by atoms with E-state index in [1.807, 2.05) is 30.0 Å². The summed E-state index contributed by atoms with van der Waals surface area (Å²) in [6, 6.07) is 5.94. The van der Waals surface area contributed by atoms with Crippen LogP contribution in [0.3, 0.4) is 0 Å². The maximum Gasteiger partial charge on any atom is 0.282 e. The normalized spacial score (nSPS) is 23.6. The molecule has 1 aromatic carbocycles. The molecule has 0 atom stereocenters. The van der Waals surface area contributed by atoms with Crippen molar-refractivity contribution in [3.8, 4) is 5.75 Å². The summed E-state index contributed by atoms with van der Waals surface area (Å²) in [6.07, 6.45) is 3.67. The van der Waals surface area contributed by atoms with E-state index in [2.05, 4.69) is 26.8 Å². The molecule has 3 N–H and O–H groups in total. The van der Waals surface area contributed by atoms with Gasteiger partial charge in [-0.1, -0.05) is 6.08 Å². The van der Waals surface area contributed by atoms with E-state index in [0.717, 1.165) is 48.5 Å². The molecule has 1 aromatic rings. The van der Waals surface area contributed by atoms with Gasteiger partial charge in [0.05, 0.1) is 30.9 Å². The molecule has 2 aliphatic heterocycles. The van der Waals surface area contributed by atoms with Gasteiger partial charge in [0.25, 0.3) is 5.91 Å². The zero-order valence-corrected chi connectivity index (χ0v) is 17.4. The Hall–Kier alpha value is -2.34. The molecule has 0 unspecified atom stereocenters. The number of rotatable bonds is 5. The van der Waals surface area contributed by atoms with Gasteiger partial charge in [0.2, 0.25) is 5.91 Å². The SMILES string of the molecule is CCOc1ccc2c(c1)C(C)=CC(C)(C)N2C(=O)C[NH+]1CCC(C(N)=O)CC1. The number of fused-ring (bicyclic) bond motifs is 1. The smallest absolute Gasteiger partial charge is 0.282 e. The van der Waals surface area contributed by atoms with Gasteiger partial charge in [-0.3, -0.25) is 14.5 Å². The van der Waals surface area contributed by atoms with Crippen LogP contribution in [0.1, 0.15) is 46.1 Å². The van der Waals surface area contributed by atoms with Crippen molar-refractivity contribution in [3.05, 3.63) is 29.8 Å². The lowest BCUT2D eigenvalue weighted by Crippen LogP contribution is -3.14. The summed E-state index contributed by atoms with van der Waals surface area (Å²) in [4.78, 5) is 27.8. The minimum atomic E-state index is -0.397. The van der Waals surface area contributed by atoms with Crippen LogP contribution in [-0.2, 0) is 9.59 Å². The number of quaternary nitrogens is 1. The van der Waals surface area contributed by atoms with E-state index in [9.17, 15) is 9.59 Å². The van der Waals surface area contributed by atoms with Gasteiger partial charge in [-0.25, -0.2) is 0 Å². The maximum atomic E-state index is 13.3. The summed E-state index contributed by atoms with van der Waals surface area (Å²) in [5.74, 6) is 0.655. The number of nitrogens with two attached hydrogens (primary N) is 1. The fourth-order valence-corrected chi connectivity index (χ4v) is 4.50. The molecule has 152 valence electrons. The Morgan fingerprint density at radius 2 is 1.96 bits per heavy atom. The van der Waals surface area contributed by atoms with Crippen molar-refractivity contribution in [1.29, 1.82) is 0 Å². The van der Waals surface area contributed by atoms with Crippen LogP contribution < -0.4 is 20.3 Å². The second-order valence-electron chi connectivity index (χ2n) is 8.43. The van der Waals surface area contributed by atoms with Gasteiger partial charge >= 0.3 is 0 Å². The highest BCUT2D eigenvalue weighted by molar-refractivity contribution is 6.01. The number of carbonyl (C=O) groups excluding carboxylic acids is 2. The van der Waals surface area contributed by atoms with Crippen LogP contribution in [0.25, 0.3) is 5.57 Å². The summed E-state index contributed by atoms with van der Waals surface area (Å²) in [6.45, 7) is 10.8. The molecule has 0 aromatic heterocycles. The number of benzene rings is 1. The first kappa shape index (κ1) is 20.4. The number of nitrogens with one attached hydrogen (secondary N) is 1. The molecule has 1 saturated heterocycles. The average Bonchev–Trinajstić information content (AvgIpc) is 2.62. The molecule has 28 heavy (non-hydrogen) atoms. The van der Waals surface area contributed by atoms with E-state index >= 15 is 0 Å². The van der Waals surface area contributed by atoms with Crippen LogP contribution in [0.15, 0.2) is 24.3 Å². The Balaban J connectivity index is 1.81. The lowest BCUT2D eigenvalue weighted by Gasteiger charge is -2.42. The second-order valence-corrected chi connectivity index (χ2v) is 8.43. The van der Waals surface area contributed by atoms with Gasteiger partial charge in [-0.05, 0) is 51.5 Å². The van der Waals surface area contributed by atoms with Crippen LogP contribution in [0.5, 0.6) is 5.75 Å². The molecule has 2 aliphatic rings. The topological polar surface area (TPSA) is 77.1 Å². The van der Waals surface area contributed by atoms with Gasteiger partial charge in [0.1, 0.15) is 5.75 Å². The number of hydrogen-bond acceptors (Lipinski definition) is 3. The van der Waals surface area contributed by atoms with E-state index < -0.39 is 5.54 Å². The second kappa shape index (κ2) is 7.95. The molecular formula is C22H32N3O3+. The third kappa shape index (κ3) is 4.07. The number of ether oxygens (including phenoxy) is 1. The summed E-state index contributed by atoms with van der Waals surface area (Å²) in [7, 11) is 0. The van der Waals surface area contributed by atoms with Crippen molar-refractivity contribution in [2.24, 2.45) is 11.7 Å². The fourth-order valence-electron chi connectivity index (χ4n) is 4.50. The van der Waals surface area contributed by atoms with Crippen LogP contribution in [0.2, 0.25) is 0 Å². The molecule has 0 aliphatic carbocycles. The van der Waals surface area contributed by atoms with Crippen LogP contribution in [0.4, 0.5) is 5.69 Å². The molecule has 2 heterocycles. The fraction of sp³-hybridized carbons (Fsp3) is 0.545. The first-order valence-electron chi connectivity index (χ1n) is 10.2. The maximum absolute atomic E-state index is 13.3. The number of amides is 2. The van der Waals surface area contributed by atoms with E-state index in [4.69, 9.17) is 10.5 Å². The number of allylic oxidation sites excluding steroid dienone is 1. The van der Waals surface area contributed by atoms with Gasteiger partial charge in [-0.2, -0.15) is 0 Å². The summed E-state index contributed by atoms with van der Waals surface area (Å²) in [5, 5.41) is 0. The minimum Gasteiger partial charge on any atom is -0.494 e. The van der Waals surface area contributed by atoms with E-state index in [1.165, 1.54) is 4.90 Å². The molecule has 0 radical (unpaired) electrons. The van der Waals surface area contributed by atoms with Gasteiger partial charge < -0.3 is 15.4 Å². The zero-order valence-electron chi connectivity index (χ0n) is 17.4. The van der Waals surface area contributed by atoms with Gasteiger partial charge in [0.15, 0.2) is 6.54 Å². The van der Waals surface area contributed by atoms with Crippen molar-refractivity contribution >= 4 is 23.1 Å². The molecule has 1 fully saturated rings. The quantitative estimate of drug-likeness (QED) is 0.803. The van der Waals surface area contributed by atoms with Crippen molar-refractivity contribution < 1.29 is 19.2 Å². The number of primary amides is 1. The predicted octanol–water partition coefficient (Wildman–Crippen LogP) is 1.39. The molecule has 0 spiro atoms. The standard InChI is InChI=1S/C22H31N3O3/c1-5-28-17-6-7-19-18(12-17)15(2)13-22(3,4)25(19)20(26)14-24-10-8-16(9-11-24)21(23)27/h6-7,12-13,16H,5,8-11,14H2,1-4H3,(H2,23,27)/p+1. The van der Waals surface area contributed by atoms with Gasteiger partial charge in [0, 0.05) is 24.3 Å². The number of nitrogens with zero attached hydrogens (tertiary/aromatic N) is 1. The van der Waals surface area contributed by atoms with Crippen molar-refractivity contribution in [2.45, 2.75) is 46.1 Å². The average molecular weight is 387 g/mol. The van der Waals surface area contributed by atoms with E-state index in [1.54, 1.807) is 0 Å². The number of hydrogen-bond donors (Lipinski definition) is 2. The highest BCUT2D eigenvalue weighted by Gasteiger charge is 2.38. The molecular weight excluding hydrogens is 354 g/mol. The molecule has 2 amide bonds. The monoisotopic (exact) mass is 386 g/mol. The summed E-state index contributed by atoms with van der Waals surface area (Å²) in [5.41, 5.74) is 8.16. The highest BCUT2D eigenvalue weighted by atomic mass is 16.5. The van der Waals surface area contributed by atoms with Crippen LogP contribution in [0, 0.1) is 5.92 Å². The summed E-state index contributed by atoms with van der Waals surface area (Å²) < 4.78 is 5.65. The Bertz CT molecular complexity index is 792. The van der Waals surface area contributed by atoms with Gasteiger partial charge in [-0.15, -0.1) is 0 Å². The Morgan fingerprint density at radius 3 is 2.57 bits per heavy atom. The molecule has 0 bridgehead atoms. The number of carbonyl (C=O) groups is 2. The Labute approximate surface area is 167 Å². The molecule has 6 heteroatoms. The highest BCUT2D eigenvalue weighted by Crippen LogP contribution is 2.40. The number of piperidine rings is 1. The zero-order chi connectivity index (χ0) is 20.5. The van der Waals surface area contributed by atoms with E-state index in [-0.39, 0.29) is 17.7 Å². The van der Waals surface area contributed by atoms with Crippen LogP contribution in [-0.4, -0.2) is 43.6 Å². The van der Waals surface area contributed by atoms with Crippen molar-refractivity contribution in [3.63, 3.8) is 0 Å². The first-order chi connectivity index (χ1) is 13.2. The molecule has 6 nitrogen and oxygen atoms in total.